The lowest BCUT2D eigenvalue weighted by atomic mass is 9.79. The number of benzene rings is 2. The van der Waals surface area contributed by atoms with Gasteiger partial charge in [0.15, 0.2) is 23.2 Å². The summed E-state index contributed by atoms with van der Waals surface area (Å²) in [5.41, 5.74) is -2.34. The van der Waals surface area contributed by atoms with Gasteiger partial charge in [0.25, 0.3) is 0 Å². The first-order valence-corrected chi connectivity index (χ1v) is 13.3. The van der Waals surface area contributed by atoms with Crippen molar-refractivity contribution in [2.45, 2.75) is 61.5 Å². The van der Waals surface area contributed by atoms with Crippen molar-refractivity contribution in [3.8, 4) is 17.2 Å². The summed E-state index contributed by atoms with van der Waals surface area (Å²) in [6, 6.07) is 8.75. The van der Waals surface area contributed by atoms with E-state index in [9.17, 15) is 69.9 Å². The van der Waals surface area contributed by atoms with Gasteiger partial charge in [0, 0.05) is 25.3 Å². The molecule has 248 valence electrons. The summed E-state index contributed by atoms with van der Waals surface area (Å²) in [4.78, 5) is 61.4. The van der Waals surface area contributed by atoms with E-state index in [0.29, 0.717) is 5.56 Å². The minimum absolute atomic E-state index is 0.0759. The van der Waals surface area contributed by atoms with E-state index < -0.39 is 103 Å². The molecular weight excluding hydrogens is 620 g/mol. The first-order chi connectivity index (χ1) is 21.5. The number of hydrogen-bond acceptors (Lipinski definition) is 15. The van der Waals surface area contributed by atoms with Gasteiger partial charge < -0.3 is 60.2 Å². The van der Waals surface area contributed by atoms with Crippen molar-refractivity contribution in [1.82, 2.24) is 0 Å². The number of carbonyl (C=O) groups excluding carboxylic acids is 3. The molecule has 2 aromatic carbocycles. The van der Waals surface area contributed by atoms with Crippen LogP contribution in [0.4, 0.5) is 0 Å². The van der Waals surface area contributed by atoms with Gasteiger partial charge in [-0.25, -0.2) is 24.0 Å². The van der Waals surface area contributed by atoms with Gasteiger partial charge in [0.2, 0.25) is 12.2 Å². The Morgan fingerprint density at radius 1 is 0.870 bits per heavy atom. The van der Waals surface area contributed by atoms with Crippen LogP contribution >= 0.6 is 0 Å². The van der Waals surface area contributed by atoms with Crippen molar-refractivity contribution in [3.05, 3.63) is 59.7 Å². The number of aromatic hydroxyl groups is 3. The summed E-state index contributed by atoms with van der Waals surface area (Å²) in [7, 11) is 0. The van der Waals surface area contributed by atoms with Crippen molar-refractivity contribution in [2.24, 2.45) is 0 Å². The summed E-state index contributed by atoms with van der Waals surface area (Å²) >= 11 is 0. The molecular formula is C29H30O17. The standard InChI is InChI=1S/C29H30O17/c30-15-5-1-13(2-6-15)4-8-21(35)45-23(25(37)38)24(26(39)40)46-28(42)29(43)11-19(34)22(36)20(12-29)44-27(41)18(33)10-14-3-7-16(31)17(32)9-14/h1-9,18-20,22-24,30-34,36,43H,10-12H2,(H,37,38)(H,39,40)/b8-4+. The number of aliphatic hydroxyl groups is 4. The SMILES string of the molecule is O=C(/C=C/c1ccc(O)cc1)OC(C(=O)O)C(OC(=O)C1(O)CC(O)C(O)C(OC(=O)C(O)Cc2ccc(O)c(O)c2)C1)C(=O)O. The van der Waals surface area contributed by atoms with Crippen LogP contribution in [0.25, 0.3) is 6.08 Å². The van der Waals surface area contributed by atoms with E-state index >= 15 is 0 Å². The van der Waals surface area contributed by atoms with Crippen molar-refractivity contribution in [3.63, 3.8) is 0 Å². The number of phenols is 3. The van der Waals surface area contributed by atoms with E-state index in [0.717, 1.165) is 24.3 Å². The second kappa shape index (κ2) is 14.7. The first kappa shape index (κ1) is 35.3. The average Bonchev–Trinajstić information content (AvgIpc) is 2.98. The minimum atomic E-state index is -2.88. The first-order valence-electron chi connectivity index (χ1n) is 13.3. The lowest BCUT2D eigenvalue weighted by Crippen LogP contribution is -2.59. The number of carboxylic acids is 2. The molecule has 0 spiro atoms. The highest BCUT2D eigenvalue weighted by atomic mass is 16.6. The van der Waals surface area contributed by atoms with E-state index in [4.69, 9.17) is 9.47 Å². The Balaban J connectivity index is 1.71. The van der Waals surface area contributed by atoms with Crippen molar-refractivity contribution in [2.75, 3.05) is 0 Å². The zero-order valence-corrected chi connectivity index (χ0v) is 23.6. The molecule has 1 aliphatic carbocycles. The number of esters is 3. The van der Waals surface area contributed by atoms with Gasteiger partial charge in [0.1, 0.15) is 18.0 Å². The van der Waals surface area contributed by atoms with E-state index in [1.54, 1.807) is 0 Å². The number of carboxylic acid groups (broad SMARTS) is 2. The van der Waals surface area contributed by atoms with Gasteiger partial charge in [-0.1, -0.05) is 18.2 Å². The zero-order chi connectivity index (χ0) is 34.3. The molecule has 0 amide bonds. The molecule has 17 nitrogen and oxygen atoms in total. The number of phenolic OH excluding ortho intramolecular Hbond substituents is 3. The molecule has 0 heterocycles. The summed E-state index contributed by atoms with van der Waals surface area (Å²) in [5.74, 6) is -9.86. The molecule has 46 heavy (non-hydrogen) atoms. The lowest BCUT2D eigenvalue weighted by molar-refractivity contribution is -0.213. The number of carbonyl (C=O) groups is 5. The molecule has 0 aliphatic heterocycles. The third-order valence-electron chi connectivity index (χ3n) is 6.79. The molecule has 1 fully saturated rings. The largest absolute Gasteiger partial charge is 0.508 e. The molecule has 0 saturated heterocycles. The normalized spacial score (nSPS) is 23.1. The van der Waals surface area contributed by atoms with Crippen molar-refractivity contribution in [1.29, 1.82) is 0 Å². The second-order valence-electron chi connectivity index (χ2n) is 10.3. The van der Waals surface area contributed by atoms with Gasteiger partial charge >= 0.3 is 29.8 Å². The molecule has 1 aliphatic rings. The predicted octanol–water partition coefficient (Wildman–Crippen LogP) is -1.43. The van der Waals surface area contributed by atoms with Crippen LogP contribution in [0.3, 0.4) is 0 Å². The van der Waals surface area contributed by atoms with Crippen LogP contribution in [0, 0.1) is 0 Å². The summed E-state index contributed by atoms with van der Waals surface area (Å²) in [5, 5.41) is 89.2. The van der Waals surface area contributed by atoms with E-state index in [1.165, 1.54) is 30.3 Å². The van der Waals surface area contributed by atoms with Crippen LogP contribution in [0.2, 0.25) is 0 Å². The van der Waals surface area contributed by atoms with Crippen LogP contribution < -0.4 is 0 Å². The Morgan fingerprint density at radius 2 is 1.48 bits per heavy atom. The van der Waals surface area contributed by atoms with Crippen LogP contribution in [0.15, 0.2) is 48.5 Å². The Labute approximate surface area is 258 Å². The maximum Gasteiger partial charge on any atom is 0.349 e. The molecule has 3 rings (SSSR count). The van der Waals surface area contributed by atoms with Gasteiger partial charge in [-0.05, 0) is 41.5 Å². The maximum absolute atomic E-state index is 13.0. The van der Waals surface area contributed by atoms with E-state index in [2.05, 4.69) is 4.74 Å². The second-order valence-corrected chi connectivity index (χ2v) is 10.3. The molecule has 0 bridgehead atoms. The minimum Gasteiger partial charge on any atom is -0.508 e. The topological polar surface area (TPSA) is 295 Å². The Morgan fingerprint density at radius 3 is 2.07 bits per heavy atom. The van der Waals surface area contributed by atoms with Crippen molar-refractivity contribution < 1.29 is 84.1 Å². The summed E-state index contributed by atoms with van der Waals surface area (Å²) in [6.45, 7) is 0. The number of hydrogen-bond donors (Lipinski definition) is 9. The third kappa shape index (κ3) is 8.91. The smallest absolute Gasteiger partial charge is 0.349 e. The fraction of sp³-hybridized carbons (Fsp3) is 0.345. The predicted molar refractivity (Wildman–Crippen MR) is 148 cm³/mol. The van der Waals surface area contributed by atoms with Gasteiger partial charge in [-0.2, -0.15) is 0 Å². The number of aliphatic carboxylic acids is 2. The maximum atomic E-state index is 13.0. The fourth-order valence-electron chi connectivity index (χ4n) is 4.38. The molecule has 17 heteroatoms. The molecule has 0 radical (unpaired) electrons. The van der Waals surface area contributed by atoms with Gasteiger partial charge in [-0.15, -0.1) is 0 Å². The number of ether oxygens (including phenoxy) is 3. The molecule has 0 aromatic heterocycles. The van der Waals surface area contributed by atoms with Crippen LogP contribution in [-0.2, 0) is 44.6 Å². The van der Waals surface area contributed by atoms with Crippen LogP contribution in [0.5, 0.6) is 17.2 Å². The monoisotopic (exact) mass is 650 g/mol. The van der Waals surface area contributed by atoms with Gasteiger partial charge in [-0.3, -0.25) is 0 Å². The lowest BCUT2D eigenvalue weighted by Gasteiger charge is -2.40. The number of rotatable bonds is 12. The van der Waals surface area contributed by atoms with Crippen LogP contribution in [-0.4, -0.2) is 118 Å². The quantitative estimate of drug-likeness (QED) is 0.0550. The molecule has 7 atom stereocenters. The summed E-state index contributed by atoms with van der Waals surface area (Å²) < 4.78 is 14.4. The average molecular weight is 651 g/mol. The third-order valence-corrected chi connectivity index (χ3v) is 6.79. The Hall–Kier alpha value is -5.23. The molecule has 2 aromatic rings. The zero-order valence-electron chi connectivity index (χ0n) is 23.6. The molecule has 1 saturated carbocycles. The van der Waals surface area contributed by atoms with E-state index in [1.807, 2.05) is 0 Å². The number of aliphatic hydroxyl groups excluding tert-OH is 3. The Kier molecular flexibility index (Phi) is 11.3. The van der Waals surface area contributed by atoms with Crippen LogP contribution in [0.1, 0.15) is 24.0 Å². The van der Waals surface area contributed by atoms with Gasteiger partial charge in [0.05, 0.1) is 6.10 Å². The fourth-order valence-corrected chi connectivity index (χ4v) is 4.38. The van der Waals surface area contributed by atoms with E-state index in [-0.39, 0.29) is 11.3 Å². The highest BCUT2D eigenvalue weighted by molar-refractivity contribution is 5.92. The highest BCUT2D eigenvalue weighted by Gasteiger charge is 2.53. The molecule has 9 N–H and O–H groups in total. The highest BCUT2D eigenvalue weighted by Crippen LogP contribution is 2.33. The summed E-state index contributed by atoms with van der Waals surface area (Å²) in [6.07, 6.45) is -13.6. The Bertz CT molecular complexity index is 1490. The molecule has 7 unspecified atom stereocenters. The van der Waals surface area contributed by atoms with Crippen molar-refractivity contribution >= 4 is 35.9 Å².